The second kappa shape index (κ2) is 7.66. The molecule has 0 bridgehead atoms. The van der Waals surface area contributed by atoms with E-state index in [4.69, 9.17) is 0 Å². The van der Waals surface area contributed by atoms with Crippen LogP contribution in [0.2, 0.25) is 0 Å². The van der Waals surface area contributed by atoms with Crippen molar-refractivity contribution in [3.05, 3.63) is 0 Å². The van der Waals surface area contributed by atoms with E-state index in [-0.39, 0.29) is 0 Å². The van der Waals surface area contributed by atoms with Crippen LogP contribution in [0.4, 0.5) is 0 Å². The van der Waals surface area contributed by atoms with Crippen LogP contribution in [0, 0.1) is 5.92 Å². The van der Waals surface area contributed by atoms with Gasteiger partial charge in [0.05, 0.1) is 13.0 Å². The van der Waals surface area contributed by atoms with Gasteiger partial charge < -0.3 is 4.90 Å². The molecule has 0 aromatic carbocycles. The molecule has 0 aromatic heterocycles. The largest absolute Gasteiger partial charge is 0.369 e. The van der Waals surface area contributed by atoms with Crippen molar-refractivity contribution in [3.63, 3.8) is 0 Å². The average molecular weight is 225 g/mol. The molecule has 94 valence electrons. The molecule has 1 saturated carbocycles. The van der Waals surface area contributed by atoms with Crippen LogP contribution in [0.5, 0.6) is 0 Å². The van der Waals surface area contributed by atoms with E-state index < -0.39 is 0 Å². The summed E-state index contributed by atoms with van der Waals surface area (Å²) in [6.45, 7) is 3.06. The number of hydrogen-bond acceptors (Lipinski definition) is 2. The molecule has 0 amide bonds. The average Bonchev–Trinajstić information content (AvgIpc) is 2.27. The fraction of sp³-hybridized carbons (Fsp3) is 0.923. The van der Waals surface area contributed by atoms with Gasteiger partial charge >= 0.3 is 0 Å². The maximum atomic E-state index is 4.31. The molecule has 1 N–H and O–H groups in total. The minimum absolute atomic E-state index is 0.701. The summed E-state index contributed by atoms with van der Waals surface area (Å²) in [4.78, 5) is 6.28. The van der Waals surface area contributed by atoms with Gasteiger partial charge in [0.15, 0.2) is 0 Å². The molecule has 0 aromatic rings. The summed E-state index contributed by atoms with van der Waals surface area (Å²) in [6, 6.07) is 0.701. The van der Waals surface area contributed by atoms with Crippen molar-refractivity contribution < 1.29 is 0 Å². The van der Waals surface area contributed by atoms with E-state index in [1.54, 1.807) is 0 Å². The van der Waals surface area contributed by atoms with Crippen LogP contribution >= 0.6 is 0 Å². The lowest BCUT2D eigenvalue weighted by Gasteiger charge is -2.28. The summed E-state index contributed by atoms with van der Waals surface area (Å²) in [5, 5.41) is 3.52. The Labute approximate surface area is 100 Å². The monoisotopic (exact) mass is 225 g/mol. The molecule has 0 unspecified atom stereocenters. The van der Waals surface area contributed by atoms with E-state index in [2.05, 4.69) is 17.2 Å². The lowest BCUT2D eigenvalue weighted by atomic mass is 9.83. The van der Waals surface area contributed by atoms with Crippen LogP contribution in [0.3, 0.4) is 0 Å². The summed E-state index contributed by atoms with van der Waals surface area (Å²) in [5.41, 5.74) is 0. The fourth-order valence-electron chi connectivity index (χ4n) is 2.45. The molecule has 3 heteroatoms. The molecular weight excluding hydrogens is 198 g/mol. The van der Waals surface area contributed by atoms with Crippen molar-refractivity contribution in [2.45, 2.75) is 51.5 Å². The lowest BCUT2D eigenvalue weighted by Crippen LogP contribution is -2.33. The highest BCUT2D eigenvalue weighted by Gasteiger charge is 2.19. The van der Waals surface area contributed by atoms with E-state index in [9.17, 15) is 0 Å². The third-order valence-electron chi connectivity index (χ3n) is 3.33. The maximum Gasteiger partial charge on any atom is 0.0904 e. The van der Waals surface area contributed by atoms with Gasteiger partial charge in [0.2, 0.25) is 0 Å². The molecule has 1 rings (SSSR count). The van der Waals surface area contributed by atoms with Crippen molar-refractivity contribution in [2.24, 2.45) is 10.9 Å². The second-order valence-corrected chi connectivity index (χ2v) is 5.13. The minimum Gasteiger partial charge on any atom is -0.369 e. The van der Waals surface area contributed by atoms with Gasteiger partial charge in [-0.3, -0.25) is 10.3 Å². The third-order valence-corrected chi connectivity index (χ3v) is 3.33. The first-order chi connectivity index (χ1) is 7.72. The van der Waals surface area contributed by atoms with Crippen LogP contribution in [-0.4, -0.2) is 38.0 Å². The topological polar surface area (TPSA) is 27.6 Å². The van der Waals surface area contributed by atoms with Crippen molar-refractivity contribution in [2.75, 3.05) is 20.8 Å². The minimum atomic E-state index is 0.701. The Kier molecular flexibility index (Phi) is 6.46. The third kappa shape index (κ3) is 5.50. The van der Waals surface area contributed by atoms with E-state index >= 15 is 0 Å². The Morgan fingerprint density at radius 3 is 2.50 bits per heavy atom. The molecule has 0 spiro atoms. The van der Waals surface area contributed by atoms with E-state index in [1.165, 1.54) is 38.5 Å². The summed E-state index contributed by atoms with van der Waals surface area (Å²) in [5.74, 6) is 0.994. The van der Waals surface area contributed by atoms with E-state index in [0.717, 1.165) is 12.6 Å². The summed E-state index contributed by atoms with van der Waals surface area (Å²) >= 11 is 0. The highest BCUT2D eigenvalue weighted by Crippen LogP contribution is 2.27. The van der Waals surface area contributed by atoms with Crippen LogP contribution in [0.25, 0.3) is 0 Å². The van der Waals surface area contributed by atoms with Gasteiger partial charge in [0.1, 0.15) is 0 Å². The van der Waals surface area contributed by atoms with Crippen molar-refractivity contribution in [3.8, 4) is 0 Å². The van der Waals surface area contributed by atoms with Gasteiger partial charge in [-0.15, -0.1) is 0 Å². The highest BCUT2D eigenvalue weighted by molar-refractivity contribution is 5.53. The molecule has 0 saturated heterocycles. The molecule has 0 radical (unpaired) electrons. The number of aliphatic imine (C=N–C) groups is 1. The first kappa shape index (κ1) is 13.5. The Morgan fingerprint density at radius 1 is 1.25 bits per heavy atom. The molecule has 0 heterocycles. The number of nitrogens with zero attached hydrogens (tertiary/aromatic N) is 2. The van der Waals surface area contributed by atoms with Crippen molar-refractivity contribution >= 4 is 6.34 Å². The Balaban J connectivity index is 2.08. The number of nitrogens with one attached hydrogen (secondary N) is 1. The van der Waals surface area contributed by atoms with Crippen molar-refractivity contribution in [1.29, 1.82) is 0 Å². The number of rotatable bonds is 6. The summed E-state index contributed by atoms with van der Waals surface area (Å²) < 4.78 is 0. The predicted octanol–water partition coefficient (Wildman–Crippen LogP) is 2.48. The summed E-state index contributed by atoms with van der Waals surface area (Å²) in [6.07, 6.45) is 10.1. The molecule has 3 nitrogen and oxygen atoms in total. The zero-order valence-corrected chi connectivity index (χ0v) is 11.1. The fourth-order valence-corrected chi connectivity index (χ4v) is 2.45. The van der Waals surface area contributed by atoms with Gasteiger partial charge in [-0.05, 0) is 31.6 Å². The molecule has 1 fully saturated rings. The normalized spacial score (nSPS) is 26.2. The predicted molar refractivity (Wildman–Crippen MR) is 70.8 cm³/mol. The lowest BCUT2D eigenvalue weighted by molar-refractivity contribution is 0.280. The smallest absolute Gasteiger partial charge is 0.0904 e. The second-order valence-electron chi connectivity index (χ2n) is 5.13. The zero-order chi connectivity index (χ0) is 11.8. The maximum absolute atomic E-state index is 4.31. The first-order valence-corrected chi connectivity index (χ1v) is 6.62. The Bertz CT molecular complexity index is 193. The van der Waals surface area contributed by atoms with Gasteiger partial charge in [0.25, 0.3) is 0 Å². The van der Waals surface area contributed by atoms with Gasteiger partial charge in [0, 0.05) is 20.1 Å². The van der Waals surface area contributed by atoms with Crippen molar-refractivity contribution in [1.82, 2.24) is 10.2 Å². The quantitative estimate of drug-likeness (QED) is 0.555. The SMILES string of the molecule is CCCC1CCC(NC/N=C/N(C)C)CC1. The van der Waals surface area contributed by atoms with Crippen LogP contribution in [0.15, 0.2) is 4.99 Å². The molecule has 1 aliphatic rings. The van der Waals surface area contributed by atoms with Gasteiger partial charge in [-0.2, -0.15) is 0 Å². The molecule has 0 aliphatic heterocycles. The Morgan fingerprint density at radius 2 is 1.94 bits per heavy atom. The summed E-state index contributed by atoms with van der Waals surface area (Å²) in [7, 11) is 4.00. The standard InChI is InChI=1S/C13H27N3/c1-4-5-12-6-8-13(9-7-12)15-10-14-11-16(2)3/h11-13,15H,4-10H2,1-3H3/b14-11+. The van der Waals surface area contributed by atoms with E-state index in [1.807, 2.05) is 25.3 Å². The Hall–Kier alpha value is -0.570. The molecule has 16 heavy (non-hydrogen) atoms. The van der Waals surface area contributed by atoms with Crippen LogP contribution < -0.4 is 5.32 Å². The molecule has 0 atom stereocenters. The van der Waals surface area contributed by atoms with Crippen LogP contribution in [-0.2, 0) is 0 Å². The van der Waals surface area contributed by atoms with Crippen LogP contribution in [0.1, 0.15) is 45.4 Å². The molecule has 1 aliphatic carbocycles. The zero-order valence-electron chi connectivity index (χ0n) is 11.1. The highest BCUT2D eigenvalue weighted by atomic mass is 15.1. The van der Waals surface area contributed by atoms with Gasteiger partial charge in [-0.25, -0.2) is 0 Å². The first-order valence-electron chi connectivity index (χ1n) is 6.62. The van der Waals surface area contributed by atoms with E-state index in [0.29, 0.717) is 6.04 Å². The van der Waals surface area contributed by atoms with Gasteiger partial charge in [-0.1, -0.05) is 19.8 Å². The number of hydrogen-bond donors (Lipinski definition) is 1. The molecular formula is C13H27N3.